The minimum absolute atomic E-state index is 0.215. The van der Waals surface area contributed by atoms with E-state index in [0.29, 0.717) is 16.7 Å². The summed E-state index contributed by atoms with van der Waals surface area (Å²) in [7, 11) is 0. The Bertz CT molecular complexity index is 521. The van der Waals surface area contributed by atoms with Crippen LogP contribution in [0, 0.1) is 5.82 Å². The van der Waals surface area contributed by atoms with Crippen molar-refractivity contribution in [2.75, 3.05) is 0 Å². The van der Waals surface area contributed by atoms with Gasteiger partial charge in [0.25, 0.3) is 0 Å². The Balaban J connectivity index is 2.21. The second kappa shape index (κ2) is 5.99. The number of nitrogens with two attached hydrogens (primary N) is 1. The quantitative estimate of drug-likeness (QED) is 0.671. The summed E-state index contributed by atoms with van der Waals surface area (Å²) in [6.45, 7) is 0. The lowest BCUT2D eigenvalue weighted by Gasteiger charge is -2.15. The Morgan fingerprint density at radius 1 is 1.33 bits per heavy atom. The zero-order chi connectivity index (χ0) is 13.0. The topological polar surface area (TPSA) is 63.8 Å². The monoisotopic (exact) mass is 310 g/mol. The minimum atomic E-state index is -0.279. The molecule has 0 aliphatic rings. The van der Waals surface area contributed by atoms with Gasteiger partial charge in [-0.3, -0.25) is 5.84 Å². The van der Waals surface area contributed by atoms with Crippen molar-refractivity contribution in [3.8, 4) is 0 Å². The van der Waals surface area contributed by atoms with E-state index in [4.69, 9.17) is 5.84 Å². The zero-order valence-electron chi connectivity index (χ0n) is 9.48. The maximum atomic E-state index is 13.0. The molecule has 1 aromatic heterocycles. The first-order valence-electron chi connectivity index (χ1n) is 5.37. The number of hydrazine groups is 1. The molecule has 6 heteroatoms. The number of benzene rings is 1. The van der Waals surface area contributed by atoms with Crippen molar-refractivity contribution >= 4 is 15.9 Å². The molecule has 1 unspecified atom stereocenters. The molecule has 0 bridgehead atoms. The fraction of sp³-hybridized carbons (Fsp3) is 0.167. The highest BCUT2D eigenvalue weighted by Crippen LogP contribution is 2.22. The molecule has 0 saturated heterocycles. The first kappa shape index (κ1) is 13.1. The van der Waals surface area contributed by atoms with Crippen molar-refractivity contribution < 1.29 is 4.39 Å². The van der Waals surface area contributed by atoms with E-state index in [1.54, 1.807) is 24.5 Å². The van der Waals surface area contributed by atoms with Crippen LogP contribution in [0.15, 0.2) is 41.1 Å². The molecule has 0 spiro atoms. The van der Waals surface area contributed by atoms with Crippen LogP contribution in [0.3, 0.4) is 0 Å². The maximum Gasteiger partial charge on any atom is 0.146 e. The van der Waals surface area contributed by atoms with Gasteiger partial charge in [0.1, 0.15) is 11.6 Å². The average Bonchev–Trinajstić information content (AvgIpc) is 2.39. The van der Waals surface area contributed by atoms with Gasteiger partial charge in [0.05, 0.1) is 6.04 Å². The standard InChI is InChI=1S/C12H12BrFN4/c13-10-7-9(14)3-2-8(10)6-11(18-15)12-16-4-1-5-17-12/h1-5,7,11,18H,6,15H2. The lowest BCUT2D eigenvalue weighted by atomic mass is 10.1. The number of aromatic nitrogens is 2. The molecular formula is C12H12BrFN4. The molecule has 0 fully saturated rings. The van der Waals surface area contributed by atoms with Crippen LogP contribution in [-0.2, 0) is 6.42 Å². The predicted molar refractivity (Wildman–Crippen MR) is 69.9 cm³/mol. The van der Waals surface area contributed by atoms with Crippen LogP contribution >= 0.6 is 15.9 Å². The predicted octanol–water partition coefficient (Wildman–Crippen LogP) is 2.13. The lowest BCUT2D eigenvalue weighted by molar-refractivity contribution is 0.521. The summed E-state index contributed by atoms with van der Waals surface area (Å²) >= 11 is 3.33. The van der Waals surface area contributed by atoms with Gasteiger partial charge in [-0.25, -0.2) is 19.8 Å². The van der Waals surface area contributed by atoms with Gasteiger partial charge >= 0.3 is 0 Å². The van der Waals surface area contributed by atoms with Gasteiger partial charge in [0.15, 0.2) is 0 Å². The Morgan fingerprint density at radius 2 is 2.06 bits per heavy atom. The van der Waals surface area contributed by atoms with Crippen LogP contribution in [-0.4, -0.2) is 9.97 Å². The first-order valence-corrected chi connectivity index (χ1v) is 6.17. The molecule has 3 N–H and O–H groups in total. The molecule has 0 aliphatic heterocycles. The molecule has 2 aromatic rings. The zero-order valence-corrected chi connectivity index (χ0v) is 11.1. The highest BCUT2D eigenvalue weighted by Gasteiger charge is 2.14. The summed E-state index contributed by atoms with van der Waals surface area (Å²) in [5, 5.41) is 0. The lowest BCUT2D eigenvalue weighted by Crippen LogP contribution is -2.31. The Hall–Kier alpha value is -1.37. The molecule has 2 rings (SSSR count). The second-order valence-corrected chi connectivity index (χ2v) is 4.62. The molecule has 1 atom stereocenters. The van der Waals surface area contributed by atoms with E-state index in [2.05, 4.69) is 31.3 Å². The molecule has 4 nitrogen and oxygen atoms in total. The van der Waals surface area contributed by atoms with Crippen LogP contribution in [0.2, 0.25) is 0 Å². The number of nitrogens with one attached hydrogen (secondary N) is 1. The third-order valence-corrected chi connectivity index (χ3v) is 3.28. The molecular weight excluding hydrogens is 299 g/mol. The van der Waals surface area contributed by atoms with E-state index in [1.807, 2.05) is 0 Å². The fourth-order valence-electron chi connectivity index (χ4n) is 1.62. The van der Waals surface area contributed by atoms with Crippen molar-refractivity contribution in [1.82, 2.24) is 15.4 Å². The highest BCUT2D eigenvalue weighted by molar-refractivity contribution is 9.10. The summed E-state index contributed by atoms with van der Waals surface area (Å²) in [6, 6.07) is 6.08. The van der Waals surface area contributed by atoms with Crippen LogP contribution in [0.25, 0.3) is 0 Å². The van der Waals surface area contributed by atoms with Crippen molar-refractivity contribution in [3.05, 3.63) is 58.3 Å². The Morgan fingerprint density at radius 3 is 2.67 bits per heavy atom. The largest absolute Gasteiger partial charge is 0.271 e. The minimum Gasteiger partial charge on any atom is -0.271 e. The molecule has 1 aromatic carbocycles. The van der Waals surface area contributed by atoms with Gasteiger partial charge in [0, 0.05) is 16.9 Å². The normalized spacial score (nSPS) is 12.4. The molecule has 94 valence electrons. The van der Waals surface area contributed by atoms with E-state index in [-0.39, 0.29) is 11.9 Å². The third kappa shape index (κ3) is 3.10. The summed E-state index contributed by atoms with van der Waals surface area (Å²) in [4.78, 5) is 8.30. The SMILES string of the molecule is NNC(Cc1ccc(F)cc1Br)c1ncccn1. The van der Waals surface area contributed by atoms with E-state index >= 15 is 0 Å². The smallest absolute Gasteiger partial charge is 0.146 e. The molecule has 1 heterocycles. The number of hydrogen-bond acceptors (Lipinski definition) is 4. The summed E-state index contributed by atoms with van der Waals surface area (Å²) < 4.78 is 13.7. The van der Waals surface area contributed by atoms with Crippen molar-refractivity contribution in [3.63, 3.8) is 0 Å². The van der Waals surface area contributed by atoms with Crippen LogP contribution < -0.4 is 11.3 Å². The van der Waals surface area contributed by atoms with E-state index in [0.717, 1.165) is 5.56 Å². The number of halogens is 2. The summed E-state index contributed by atoms with van der Waals surface area (Å²) in [5.74, 6) is 5.84. The molecule has 0 radical (unpaired) electrons. The highest BCUT2D eigenvalue weighted by atomic mass is 79.9. The van der Waals surface area contributed by atoms with Crippen molar-refractivity contribution in [2.45, 2.75) is 12.5 Å². The number of rotatable bonds is 4. The first-order chi connectivity index (χ1) is 8.70. The molecule has 0 saturated carbocycles. The third-order valence-electron chi connectivity index (χ3n) is 2.54. The van der Waals surface area contributed by atoms with E-state index in [9.17, 15) is 4.39 Å². The maximum absolute atomic E-state index is 13.0. The van der Waals surface area contributed by atoms with Gasteiger partial charge in [0.2, 0.25) is 0 Å². The Kier molecular flexibility index (Phi) is 4.35. The van der Waals surface area contributed by atoms with Crippen LogP contribution in [0.1, 0.15) is 17.4 Å². The van der Waals surface area contributed by atoms with Gasteiger partial charge in [-0.15, -0.1) is 0 Å². The van der Waals surface area contributed by atoms with Gasteiger partial charge in [-0.05, 0) is 30.2 Å². The van der Waals surface area contributed by atoms with E-state index < -0.39 is 0 Å². The van der Waals surface area contributed by atoms with Gasteiger partial charge < -0.3 is 0 Å². The molecule has 0 amide bonds. The number of nitrogens with zero attached hydrogens (tertiary/aromatic N) is 2. The molecule has 18 heavy (non-hydrogen) atoms. The second-order valence-electron chi connectivity index (χ2n) is 3.77. The summed E-state index contributed by atoms with van der Waals surface area (Å²) in [6.07, 6.45) is 3.89. The molecule has 0 aliphatic carbocycles. The van der Waals surface area contributed by atoms with Crippen LogP contribution in [0.4, 0.5) is 4.39 Å². The average molecular weight is 311 g/mol. The van der Waals surface area contributed by atoms with E-state index in [1.165, 1.54) is 12.1 Å². The van der Waals surface area contributed by atoms with Gasteiger partial charge in [-0.2, -0.15) is 0 Å². The van der Waals surface area contributed by atoms with Crippen molar-refractivity contribution in [2.24, 2.45) is 5.84 Å². The Labute approximate surface area is 113 Å². The number of hydrogen-bond donors (Lipinski definition) is 2. The fourth-order valence-corrected chi connectivity index (χ4v) is 2.14. The van der Waals surface area contributed by atoms with Crippen LogP contribution in [0.5, 0.6) is 0 Å². The summed E-state index contributed by atoms with van der Waals surface area (Å²) in [5.41, 5.74) is 3.61. The van der Waals surface area contributed by atoms with Crippen molar-refractivity contribution in [1.29, 1.82) is 0 Å². The van der Waals surface area contributed by atoms with Gasteiger partial charge in [-0.1, -0.05) is 22.0 Å².